The van der Waals surface area contributed by atoms with Crippen LogP contribution in [0.4, 0.5) is 0 Å². The zero-order valence-corrected chi connectivity index (χ0v) is 21.7. The van der Waals surface area contributed by atoms with Crippen molar-refractivity contribution in [1.29, 1.82) is 0 Å². The molecule has 0 amide bonds. The lowest BCUT2D eigenvalue weighted by Gasteiger charge is -2.23. The Labute approximate surface area is 227 Å². The molecule has 8 heteroatoms. The summed E-state index contributed by atoms with van der Waals surface area (Å²) in [6.45, 7) is 5.72. The van der Waals surface area contributed by atoms with Gasteiger partial charge in [-0.05, 0) is 71.1 Å². The van der Waals surface area contributed by atoms with Crippen LogP contribution in [0.15, 0.2) is 84.9 Å². The van der Waals surface area contributed by atoms with Gasteiger partial charge in [-0.3, -0.25) is 4.90 Å². The minimum absolute atomic E-state index is 0.310. The molecule has 202 valence electrons. The molecule has 0 spiro atoms. The van der Waals surface area contributed by atoms with Gasteiger partial charge in [-0.2, -0.15) is 0 Å². The smallest absolute Gasteiger partial charge is 0.414 e. The fourth-order valence-electron chi connectivity index (χ4n) is 4.31. The molecule has 8 nitrogen and oxygen atoms in total. The summed E-state index contributed by atoms with van der Waals surface area (Å²) in [7, 11) is 0. The second-order valence-electron chi connectivity index (χ2n) is 9.02. The van der Waals surface area contributed by atoms with Crippen LogP contribution in [0.2, 0.25) is 0 Å². The Hall–Kier alpha value is -4.56. The highest BCUT2D eigenvalue weighted by Gasteiger charge is 2.14. The molecular weight excluding hydrogens is 498 g/mol. The highest BCUT2D eigenvalue weighted by atomic mass is 16.7. The Kier molecular flexibility index (Phi) is 9.37. The molecule has 0 radical (unpaired) electrons. The number of aliphatic carboxylic acids is 2. The number of carbonyl (C=O) groups is 2. The van der Waals surface area contributed by atoms with Crippen LogP contribution in [0.5, 0.6) is 17.2 Å². The molecule has 0 aromatic heterocycles. The highest BCUT2D eigenvalue weighted by Crippen LogP contribution is 2.32. The van der Waals surface area contributed by atoms with Crippen LogP contribution >= 0.6 is 0 Å². The van der Waals surface area contributed by atoms with Crippen LogP contribution < -0.4 is 14.2 Å². The summed E-state index contributed by atoms with van der Waals surface area (Å²) in [4.78, 5) is 20.7. The van der Waals surface area contributed by atoms with E-state index in [1.54, 1.807) is 0 Å². The van der Waals surface area contributed by atoms with Crippen molar-refractivity contribution in [1.82, 2.24) is 4.90 Å². The number of hydrogen-bond donors (Lipinski definition) is 2. The van der Waals surface area contributed by atoms with Gasteiger partial charge in [0.05, 0.1) is 6.61 Å². The van der Waals surface area contributed by atoms with Crippen molar-refractivity contribution in [2.45, 2.75) is 26.4 Å². The lowest BCUT2D eigenvalue weighted by molar-refractivity contribution is -0.159. The maximum Gasteiger partial charge on any atom is 0.414 e. The van der Waals surface area contributed by atoms with E-state index in [2.05, 4.69) is 83.8 Å². The first kappa shape index (κ1) is 27.5. The predicted molar refractivity (Wildman–Crippen MR) is 147 cm³/mol. The first-order valence-electron chi connectivity index (χ1n) is 12.7. The first-order valence-corrected chi connectivity index (χ1v) is 12.7. The molecule has 0 atom stereocenters. The average molecular weight is 530 g/mol. The second-order valence-corrected chi connectivity index (χ2v) is 9.02. The van der Waals surface area contributed by atoms with Crippen molar-refractivity contribution in [3.8, 4) is 17.2 Å². The molecule has 39 heavy (non-hydrogen) atoms. The number of benzene rings is 4. The number of nitrogens with zero attached hydrogens (tertiary/aromatic N) is 1. The van der Waals surface area contributed by atoms with Crippen molar-refractivity contribution < 1.29 is 34.0 Å². The average Bonchev–Trinajstić information content (AvgIpc) is 3.41. The van der Waals surface area contributed by atoms with Gasteiger partial charge in [-0.1, -0.05) is 54.6 Å². The predicted octanol–water partition coefficient (Wildman–Crippen LogP) is 5.37. The van der Waals surface area contributed by atoms with E-state index in [9.17, 15) is 0 Å². The molecule has 0 fully saturated rings. The molecule has 0 saturated carbocycles. The van der Waals surface area contributed by atoms with Crippen LogP contribution in [0.3, 0.4) is 0 Å². The van der Waals surface area contributed by atoms with Gasteiger partial charge >= 0.3 is 11.9 Å². The lowest BCUT2D eigenvalue weighted by Crippen LogP contribution is -2.25. The van der Waals surface area contributed by atoms with Crippen LogP contribution in [0, 0.1) is 0 Å². The van der Waals surface area contributed by atoms with Crippen LogP contribution in [0.1, 0.15) is 23.6 Å². The zero-order valence-electron chi connectivity index (χ0n) is 21.7. The van der Waals surface area contributed by atoms with E-state index in [0.717, 1.165) is 43.3 Å². The van der Waals surface area contributed by atoms with E-state index in [0.29, 0.717) is 13.4 Å². The maximum absolute atomic E-state index is 9.10. The van der Waals surface area contributed by atoms with Gasteiger partial charge in [0.15, 0.2) is 11.5 Å². The summed E-state index contributed by atoms with van der Waals surface area (Å²) < 4.78 is 16.6. The summed E-state index contributed by atoms with van der Waals surface area (Å²) >= 11 is 0. The Bertz CT molecular complexity index is 1410. The van der Waals surface area contributed by atoms with E-state index in [-0.39, 0.29) is 0 Å². The quantitative estimate of drug-likeness (QED) is 0.279. The highest BCUT2D eigenvalue weighted by molar-refractivity contribution is 6.27. The van der Waals surface area contributed by atoms with Crippen molar-refractivity contribution in [2.24, 2.45) is 0 Å². The van der Waals surface area contributed by atoms with Gasteiger partial charge in [0.1, 0.15) is 5.75 Å². The summed E-state index contributed by atoms with van der Waals surface area (Å²) in [6.07, 6.45) is 0.946. The van der Waals surface area contributed by atoms with Crippen molar-refractivity contribution >= 4 is 22.7 Å². The number of ether oxygens (including phenoxy) is 3. The first-order chi connectivity index (χ1) is 18.9. The molecule has 1 aliphatic heterocycles. The summed E-state index contributed by atoms with van der Waals surface area (Å²) in [6, 6.07) is 30.0. The largest absolute Gasteiger partial charge is 0.494 e. The Morgan fingerprint density at radius 3 is 2.13 bits per heavy atom. The number of rotatable bonds is 9. The lowest BCUT2D eigenvalue weighted by atomic mass is 10.1. The normalized spacial score (nSPS) is 11.6. The third-order valence-electron chi connectivity index (χ3n) is 6.20. The van der Waals surface area contributed by atoms with Gasteiger partial charge in [-0.25, -0.2) is 9.59 Å². The molecule has 0 unspecified atom stereocenters. The van der Waals surface area contributed by atoms with E-state index in [4.69, 9.17) is 34.0 Å². The molecule has 4 aromatic carbocycles. The molecular formula is C31H31NO7. The molecule has 4 aromatic rings. The third kappa shape index (κ3) is 7.96. The van der Waals surface area contributed by atoms with Gasteiger partial charge in [0.25, 0.3) is 0 Å². The van der Waals surface area contributed by atoms with Gasteiger partial charge in [0.2, 0.25) is 6.79 Å². The van der Waals surface area contributed by atoms with Crippen LogP contribution in [-0.2, 0) is 29.1 Å². The van der Waals surface area contributed by atoms with Crippen molar-refractivity contribution in [2.75, 3.05) is 19.9 Å². The summed E-state index contributed by atoms with van der Waals surface area (Å²) in [5.74, 6) is -1.05. The van der Waals surface area contributed by atoms with Gasteiger partial charge < -0.3 is 24.4 Å². The third-order valence-corrected chi connectivity index (χ3v) is 6.20. The number of hydrogen-bond acceptors (Lipinski definition) is 6. The van der Waals surface area contributed by atoms with Gasteiger partial charge in [-0.15, -0.1) is 0 Å². The second kappa shape index (κ2) is 13.3. The van der Waals surface area contributed by atoms with Crippen molar-refractivity contribution in [3.63, 3.8) is 0 Å². The molecule has 0 saturated heterocycles. The Balaban J connectivity index is 0.000000531. The molecule has 0 bridgehead atoms. The monoisotopic (exact) mass is 529 g/mol. The molecule has 2 N–H and O–H groups in total. The molecule has 1 heterocycles. The van der Waals surface area contributed by atoms with Crippen LogP contribution in [0.25, 0.3) is 10.8 Å². The van der Waals surface area contributed by atoms with E-state index < -0.39 is 11.9 Å². The maximum atomic E-state index is 9.10. The molecule has 1 aliphatic rings. The minimum atomic E-state index is -1.82. The standard InChI is InChI=1S/C29H29NO3.C2H2O4/c1-2-31-27-12-8-23(9-13-27)19-30(16-15-22-10-14-28-29(18-22)33-21-32-28)20-24-7-11-25-5-3-4-6-26(25)17-24;3-1(4)2(5)6/h3-14,17-18H,2,15-16,19-21H2,1H3;(H,3,4)(H,5,6). The van der Waals surface area contributed by atoms with Crippen molar-refractivity contribution in [3.05, 3.63) is 102 Å². The number of carboxylic acids is 2. The number of fused-ring (bicyclic) bond motifs is 2. The van der Waals surface area contributed by atoms with E-state index in [1.165, 1.54) is 27.5 Å². The Morgan fingerprint density at radius 1 is 0.769 bits per heavy atom. The summed E-state index contributed by atoms with van der Waals surface area (Å²) in [5.41, 5.74) is 3.87. The molecule has 0 aliphatic carbocycles. The van der Waals surface area contributed by atoms with E-state index in [1.807, 2.05) is 13.0 Å². The topological polar surface area (TPSA) is 106 Å². The van der Waals surface area contributed by atoms with E-state index >= 15 is 0 Å². The fraction of sp³-hybridized carbons (Fsp3) is 0.226. The zero-order chi connectivity index (χ0) is 27.6. The minimum Gasteiger partial charge on any atom is -0.494 e. The number of carboxylic acid groups (broad SMARTS) is 2. The van der Waals surface area contributed by atoms with Crippen LogP contribution in [-0.4, -0.2) is 47.0 Å². The molecule has 5 rings (SSSR count). The SMILES string of the molecule is CCOc1ccc(CN(CCc2ccc3c(c2)OCO3)Cc2ccc3ccccc3c2)cc1.O=C(O)C(=O)O. The summed E-state index contributed by atoms with van der Waals surface area (Å²) in [5, 5.41) is 17.3. The van der Waals surface area contributed by atoms with Gasteiger partial charge in [0, 0.05) is 19.6 Å². The fourth-order valence-corrected chi connectivity index (χ4v) is 4.31. The Morgan fingerprint density at radius 2 is 1.41 bits per heavy atom.